The smallest absolute Gasteiger partial charge is 0.307 e. The van der Waals surface area contributed by atoms with E-state index in [1.807, 2.05) is 0 Å². The molecular formula is C19H31N3O4. The first kappa shape index (κ1) is 20.4. The molecule has 0 radical (unpaired) electrons. The zero-order chi connectivity index (χ0) is 18.9. The van der Waals surface area contributed by atoms with Crippen LogP contribution in [0.5, 0.6) is 0 Å². The quantitative estimate of drug-likeness (QED) is 0.392. The summed E-state index contributed by atoms with van der Waals surface area (Å²) in [6.45, 7) is 1.25. The molecule has 2 aliphatic rings. The van der Waals surface area contributed by atoms with E-state index >= 15 is 0 Å². The van der Waals surface area contributed by atoms with Crippen LogP contribution < -0.4 is 16.2 Å². The van der Waals surface area contributed by atoms with Crippen molar-refractivity contribution in [2.45, 2.75) is 83.6 Å². The van der Waals surface area contributed by atoms with Crippen molar-refractivity contribution in [3.63, 3.8) is 0 Å². The van der Waals surface area contributed by atoms with Gasteiger partial charge in [-0.15, -0.1) is 0 Å². The van der Waals surface area contributed by atoms with Crippen LogP contribution in [0.15, 0.2) is 0 Å². The molecule has 0 aromatic heterocycles. The minimum absolute atomic E-state index is 0.0194. The molecule has 0 aliphatic heterocycles. The fourth-order valence-corrected chi connectivity index (χ4v) is 4.03. The average molecular weight is 365 g/mol. The molecule has 0 saturated heterocycles. The first-order chi connectivity index (χ1) is 12.5. The maximum atomic E-state index is 12.7. The topological polar surface area (TPSA) is 104 Å². The highest BCUT2D eigenvalue weighted by Gasteiger charge is 2.36. The fourth-order valence-electron chi connectivity index (χ4n) is 4.03. The molecule has 2 aliphatic carbocycles. The summed E-state index contributed by atoms with van der Waals surface area (Å²) in [6, 6.07) is -0.806. The van der Waals surface area contributed by atoms with Crippen LogP contribution in [0.1, 0.15) is 77.6 Å². The molecule has 0 spiro atoms. The summed E-state index contributed by atoms with van der Waals surface area (Å²) in [6.07, 6.45) is 10.8. The van der Waals surface area contributed by atoms with E-state index in [0.717, 1.165) is 70.6 Å². The fraction of sp³-hybridized carbons (Fsp3) is 0.789. The summed E-state index contributed by atoms with van der Waals surface area (Å²) in [5, 5.41) is 2.89. The average Bonchev–Trinajstić information content (AvgIpc) is 2.93. The van der Waals surface area contributed by atoms with Crippen molar-refractivity contribution < 1.29 is 19.2 Å². The molecule has 1 unspecified atom stereocenters. The van der Waals surface area contributed by atoms with Crippen molar-refractivity contribution in [1.29, 1.82) is 0 Å². The summed E-state index contributed by atoms with van der Waals surface area (Å²) >= 11 is 0. The number of hydrogen-bond acceptors (Lipinski definition) is 4. The van der Waals surface area contributed by atoms with Crippen LogP contribution in [0.3, 0.4) is 0 Å². The van der Waals surface area contributed by atoms with Gasteiger partial charge in [0.1, 0.15) is 6.04 Å². The summed E-state index contributed by atoms with van der Waals surface area (Å²) in [7, 11) is 0. The molecule has 146 valence electrons. The standard InChI is InChI=1S/C19H31N3O4/c1-13(23)21-22-19(26)17(24)16(14-9-7-4-8-10-14)20-18(25)15-11-5-2-3-6-12-15/h14-16H,2-12H2,1H3,(H,20,25)(H,21,23)(H,22,26). The van der Waals surface area contributed by atoms with Crippen LogP contribution >= 0.6 is 0 Å². The zero-order valence-electron chi connectivity index (χ0n) is 15.6. The van der Waals surface area contributed by atoms with Crippen molar-refractivity contribution in [1.82, 2.24) is 16.2 Å². The largest absolute Gasteiger partial charge is 0.345 e. The lowest BCUT2D eigenvalue weighted by Crippen LogP contribution is -2.55. The van der Waals surface area contributed by atoms with Gasteiger partial charge in [-0.1, -0.05) is 44.9 Å². The number of hydrazine groups is 1. The Morgan fingerprint density at radius 2 is 1.31 bits per heavy atom. The first-order valence-electron chi connectivity index (χ1n) is 9.90. The Labute approximate surface area is 155 Å². The predicted octanol–water partition coefficient (Wildman–Crippen LogP) is 1.76. The second kappa shape index (κ2) is 10.3. The number of carbonyl (C=O) groups is 4. The Morgan fingerprint density at radius 1 is 0.769 bits per heavy atom. The second-order valence-electron chi connectivity index (χ2n) is 7.57. The van der Waals surface area contributed by atoms with Gasteiger partial charge in [0, 0.05) is 12.8 Å². The van der Waals surface area contributed by atoms with E-state index < -0.39 is 23.6 Å². The molecule has 0 bridgehead atoms. The Kier molecular flexibility index (Phi) is 8.06. The van der Waals surface area contributed by atoms with E-state index in [9.17, 15) is 19.2 Å². The molecule has 0 heterocycles. The minimum Gasteiger partial charge on any atom is -0.345 e. The summed E-state index contributed by atoms with van der Waals surface area (Å²) in [5.41, 5.74) is 4.26. The summed E-state index contributed by atoms with van der Waals surface area (Å²) < 4.78 is 0. The van der Waals surface area contributed by atoms with Crippen molar-refractivity contribution in [3.8, 4) is 0 Å². The lowest BCUT2D eigenvalue weighted by Gasteiger charge is -2.30. The first-order valence-corrected chi connectivity index (χ1v) is 9.90. The maximum absolute atomic E-state index is 12.7. The minimum atomic E-state index is -0.878. The number of Topliss-reactive ketones (excluding diaryl/α,β-unsaturated/α-hetero) is 1. The van der Waals surface area contributed by atoms with Crippen LogP contribution in [-0.2, 0) is 19.2 Å². The van der Waals surface area contributed by atoms with E-state index in [1.165, 1.54) is 6.92 Å². The van der Waals surface area contributed by atoms with Gasteiger partial charge in [-0.2, -0.15) is 0 Å². The second-order valence-corrected chi connectivity index (χ2v) is 7.57. The normalized spacial score (nSPS) is 20.5. The summed E-state index contributed by atoms with van der Waals surface area (Å²) in [4.78, 5) is 48.5. The molecular weight excluding hydrogens is 334 g/mol. The van der Waals surface area contributed by atoms with E-state index in [1.54, 1.807) is 0 Å². The Balaban J connectivity index is 2.04. The van der Waals surface area contributed by atoms with Gasteiger partial charge in [-0.05, 0) is 31.6 Å². The van der Waals surface area contributed by atoms with Crippen molar-refractivity contribution in [2.24, 2.45) is 11.8 Å². The molecule has 3 amide bonds. The highest BCUT2D eigenvalue weighted by molar-refractivity contribution is 6.38. The van der Waals surface area contributed by atoms with Crippen LogP contribution in [0.2, 0.25) is 0 Å². The number of nitrogens with one attached hydrogen (secondary N) is 3. The number of carbonyl (C=O) groups excluding carboxylic acids is 4. The van der Waals surface area contributed by atoms with Crippen LogP contribution in [0.25, 0.3) is 0 Å². The highest BCUT2D eigenvalue weighted by Crippen LogP contribution is 2.28. The van der Waals surface area contributed by atoms with Gasteiger partial charge in [0.15, 0.2) is 0 Å². The summed E-state index contributed by atoms with van der Waals surface area (Å²) in [5.74, 6) is -2.21. The lowest BCUT2D eigenvalue weighted by atomic mass is 9.81. The third-order valence-corrected chi connectivity index (χ3v) is 5.50. The van der Waals surface area contributed by atoms with Crippen LogP contribution in [-0.4, -0.2) is 29.5 Å². The SMILES string of the molecule is CC(=O)NNC(=O)C(=O)C(NC(=O)C1CCCCCC1)C1CCCCC1. The number of ketones is 1. The van der Waals surface area contributed by atoms with Crippen LogP contribution in [0, 0.1) is 11.8 Å². The molecule has 2 rings (SSSR count). The van der Waals surface area contributed by atoms with Gasteiger partial charge in [0.2, 0.25) is 17.6 Å². The van der Waals surface area contributed by atoms with E-state index in [4.69, 9.17) is 0 Å². The monoisotopic (exact) mass is 365 g/mol. The van der Waals surface area contributed by atoms with E-state index in [-0.39, 0.29) is 17.7 Å². The van der Waals surface area contributed by atoms with Gasteiger partial charge >= 0.3 is 5.91 Å². The zero-order valence-corrected chi connectivity index (χ0v) is 15.6. The van der Waals surface area contributed by atoms with E-state index in [2.05, 4.69) is 16.2 Å². The number of rotatable bonds is 5. The predicted molar refractivity (Wildman–Crippen MR) is 96.7 cm³/mol. The molecule has 7 nitrogen and oxygen atoms in total. The number of hydrogen-bond donors (Lipinski definition) is 3. The molecule has 1 atom stereocenters. The van der Waals surface area contributed by atoms with Gasteiger partial charge in [0.25, 0.3) is 0 Å². The third-order valence-electron chi connectivity index (χ3n) is 5.50. The van der Waals surface area contributed by atoms with Crippen molar-refractivity contribution in [2.75, 3.05) is 0 Å². The molecule has 0 aromatic carbocycles. The molecule has 2 fully saturated rings. The number of amides is 3. The molecule has 2 saturated carbocycles. The Bertz CT molecular complexity index is 521. The van der Waals surface area contributed by atoms with Crippen LogP contribution in [0.4, 0.5) is 0 Å². The molecule has 26 heavy (non-hydrogen) atoms. The highest BCUT2D eigenvalue weighted by atomic mass is 16.2. The Morgan fingerprint density at radius 3 is 1.88 bits per heavy atom. The van der Waals surface area contributed by atoms with Gasteiger partial charge in [-0.25, -0.2) is 0 Å². The van der Waals surface area contributed by atoms with Gasteiger partial charge < -0.3 is 5.32 Å². The maximum Gasteiger partial charge on any atom is 0.307 e. The molecule has 7 heteroatoms. The van der Waals surface area contributed by atoms with E-state index in [0.29, 0.717) is 0 Å². The van der Waals surface area contributed by atoms with Crippen molar-refractivity contribution >= 4 is 23.5 Å². The van der Waals surface area contributed by atoms with Crippen molar-refractivity contribution in [3.05, 3.63) is 0 Å². The molecule has 3 N–H and O–H groups in total. The molecule has 0 aromatic rings. The third kappa shape index (κ3) is 6.11. The van der Waals surface area contributed by atoms with Gasteiger partial charge in [-0.3, -0.25) is 30.0 Å². The Hall–Kier alpha value is -1.92. The lowest BCUT2D eigenvalue weighted by molar-refractivity contribution is -0.143. The van der Waals surface area contributed by atoms with Gasteiger partial charge in [0.05, 0.1) is 0 Å².